The van der Waals surface area contributed by atoms with Crippen molar-refractivity contribution in [2.75, 3.05) is 6.54 Å². The molecule has 1 fully saturated rings. The second-order valence-electron chi connectivity index (χ2n) is 4.31. The molecule has 1 aliphatic heterocycles. The van der Waals surface area contributed by atoms with Crippen LogP contribution in [0.4, 0.5) is 10.5 Å². The predicted octanol–water partition coefficient (Wildman–Crippen LogP) is 1.64. The number of amides is 1. The molecule has 8 heteroatoms. The van der Waals surface area contributed by atoms with Crippen molar-refractivity contribution < 1.29 is 24.4 Å². The number of carboxylic acids is 1. The number of non-ortho nitro benzene ring substituents is 1. The summed E-state index contributed by atoms with van der Waals surface area (Å²) in [5.41, 5.74) is -0.116. The zero-order valence-corrected chi connectivity index (χ0v) is 10.4. The number of benzene rings is 1. The molecule has 0 bridgehead atoms. The van der Waals surface area contributed by atoms with Gasteiger partial charge in [-0.25, -0.2) is 9.59 Å². The van der Waals surface area contributed by atoms with E-state index >= 15 is 0 Å². The number of aliphatic carboxylic acids is 1. The first-order valence-electron chi connectivity index (χ1n) is 5.95. The Morgan fingerprint density at radius 3 is 2.55 bits per heavy atom. The van der Waals surface area contributed by atoms with Crippen molar-refractivity contribution >= 4 is 17.7 Å². The summed E-state index contributed by atoms with van der Waals surface area (Å²) in [4.78, 5) is 33.9. The third-order valence-electron chi connectivity index (χ3n) is 3.03. The van der Waals surface area contributed by atoms with Gasteiger partial charge in [0.2, 0.25) is 0 Å². The number of nitro benzene ring substituents is 1. The lowest BCUT2D eigenvalue weighted by atomic mass is 10.2. The first-order valence-corrected chi connectivity index (χ1v) is 5.95. The minimum Gasteiger partial charge on any atom is -0.480 e. The van der Waals surface area contributed by atoms with Crippen LogP contribution in [0.3, 0.4) is 0 Å². The average Bonchev–Trinajstić information content (AvgIpc) is 2.88. The largest absolute Gasteiger partial charge is 0.480 e. The highest BCUT2D eigenvalue weighted by Gasteiger charge is 2.35. The fourth-order valence-electron chi connectivity index (χ4n) is 2.04. The number of rotatable bonds is 3. The number of carboxylic acid groups (broad SMARTS) is 1. The minimum absolute atomic E-state index is 0.116. The van der Waals surface area contributed by atoms with Crippen LogP contribution in [0.2, 0.25) is 0 Å². The van der Waals surface area contributed by atoms with Gasteiger partial charge in [0.05, 0.1) is 4.92 Å². The van der Waals surface area contributed by atoms with Crippen molar-refractivity contribution in [3.05, 3.63) is 34.4 Å². The van der Waals surface area contributed by atoms with Gasteiger partial charge in [0, 0.05) is 18.7 Å². The number of nitro groups is 1. The quantitative estimate of drug-likeness (QED) is 0.665. The molecule has 0 spiro atoms. The van der Waals surface area contributed by atoms with Crippen molar-refractivity contribution in [1.29, 1.82) is 0 Å². The summed E-state index contributed by atoms with van der Waals surface area (Å²) in [5, 5.41) is 19.5. The predicted molar refractivity (Wildman–Crippen MR) is 66.5 cm³/mol. The van der Waals surface area contributed by atoms with Crippen LogP contribution in [0.1, 0.15) is 12.8 Å². The van der Waals surface area contributed by atoms with Gasteiger partial charge in [-0.15, -0.1) is 0 Å². The Bertz CT molecular complexity index is 541. The van der Waals surface area contributed by atoms with Gasteiger partial charge in [-0.3, -0.25) is 15.0 Å². The number of nitrogens with zero attached hydrogens (tertiary/aromatic N) is 2. The lowest BCUT2D eigenvalue weighted by Gasteiger charge is -2.20. The molecular formula is C12H12N2O6. The Morgan fingerprint density at radius 1 is 1.35 bits per heavy atom. The summed E-state index contributed by atoms with van der Waals surface area (Å²) in [6, 6.07) is 4.13. The number of hydrogen-bond acceptors (Lipinski definition) is 5. The molecule has 0 aliphatic carbocycles. The molecule has 0 radical (unpaired) electrons. The lowest BCUT2D eigenvalue weighted by molar-refractivity contribution is -0.384. The molecule has 1 N–H and O–H groups in total. The fraction of sp³-hybridized carbons (Fsp3) is 0.333. The van der Waals surface area contributed by atoms with E-state index in [1.54, 1.807) is 0 Å². The summed E-state index contributed by atoms with van der Waals surface area (Å²) < 4.78 is 5.01. The summed E-state index contributed by atoms with van der Waals surface area (Å²) >= 11 is 0. The standard InChI is InChI=1S/C12H12N2O6/c15-11(16)10-2-1-7-13(10)12(17)20-9-5-3-8(4-6-9)14(18)19/h3-6,10H,1-2,7H2,(H,15,16). The Morgan fingerprint density at radius 2 is 2.00 bits per heavy atom. The first kappa shape index (κ1) is 13.8. The van der Waals surface area contributed by atoms with E-state index in [1.807, 2.05) is 0 Å². The van der Waals surface area contributed by atoms with Crippen molar-refractivity contribution in [3.63, 3.8) is 0 Å². The summed E-state index contributed by atoms with van der Waals surface area (Å²) in [6.45, 7) is 0.322. The van der Waals surface area contributed by atoms with Gasteiger partial charge >= 0.3 is 12.1 Å². The Kier molecular flexibility index (Phi) is 3.83. The number of ether oxygens (including phenoxy) is 1. The van der Waals surface area contributed by atoms with Crippen molar-refractivity contribution in [2.24, 2.45) is 0 Å². The normalized spacial score (nSPS) is 17.8. The molecule has 106 valence electrons. The Hall–Kier alpha value is -2.64. The smallest absolute Gasteiger partial charge is 0.415 e. The second-order valence-corrected chi connectivity index (χ2v) is 4.31. The van der Waals surface area contributed by atoms with Crippen LogP contribution in [0.5, 0.6) is 5.75 Å². The monoisotopic (exact) mass is 280 g/mol. The molecule has 1 aliphatic rings. The highest BCUT2D eigenvalue weighted by atomic mass is 16.6. The van der Waals surface area contributed by atoms with Crippen LogP contribution in [0, 0.1) is 10.1 Å². The maximum Gasteiger partial charge on any atom is 0.415 e. The van der Waals surface area contributed by atoms with Crippen LogP contribution in [0.15, 0.2) is 24.3 Å². The molecule has 1 aromatic carbocycles. The van der Waals surface area contributed by atoms with Gasteiger partial charge < -0.3 is 9.84 Å². The number of carbonyl (C=O) groups is 2. The molecule has 1 heterocycles. The number of carbonyl (C=O) groups excluding carboxylic acids is 1. The van der Waals surface area contributed by atoms with E-state index in [2.05, 4.69) is 0 Å². The summed E-state index contributed by atoms with van der Waals surface area (Å²) in [6.07, 6.45) is 0.237. The van der Waals surface area contributed by atoms with Crippen LogP contribution >= 0.6 is 0 Å². The van der Waals surface area contributed by atoms with E-state index in [0.717, 1.165) is 4.90 Å². The van der Waals surface area contributed by atoms with Gasteiger partial charge in [0.15, 0.2) is 0 Å². The van der Waals surface area contributed by atoms with Gasteiger partial charge in [-0.2, -0.15) is 0 Å². The summed E-state index contributed by atoms with van der Waals surface area (Å²) in [7, 11) is 0. The Labute approximate surface area is 113 Å². The maximum atomic E-state index is 11.9. The molecule has 1 unspecified atom stereocenters. The molecule has 0 aromatic heterocycles. The van der Waals surface area contributed by atoms with Gasteiger partial charge in [-0.05, 0) is 25.0 Å². The van der Waals surface area contributed by atoms with Crippen molar-refractivity contribution in [1.82, 2.24) is 4.90 Å². The average molecular weight is 280 g/mol. The van der Waals surface area contributed by atoms with E-state index in [4.69, 9.17) is 9.84 Å². The maximum absolute atomic E-state index is 11.9. The molecule has 1 atom stereocenters. The SMILES string of the molecule is O=C(O)C1CCCN1C(=O)Oc1ccc([N+](=O)[O-])cc1. The molecule has 20 heavy (non-hydrogen) atoms. The second kappa shape index (κ2) is 5.55. The zero-order chi connectivity index (χ0) is 14.7. The van der Waals surface area contributed by atoms with Crippen molar-refractivity contribution in [3.8, 4) is 5.75 Å². The van der Waals surface area contributed by atoms with E-state index in [1.165, 1.54) is 24.3 Å². The van der Waals surface area contributed by atoms with Crippen LogP contribution < -0.4 is 4.74 Å². The van der Waals surface area contributed by atoms with Gasteiger partial charge in [0.25, 0.3) is 5.69 Å². The number of likely N-dealkylation sites (tertiary alicyclic amines) is 1. The van der Waals surface area contributed by atoms with Gasteiger partial charge in [-0.1, -0.05) is 0 Å². The third kappa shape index (κ3) is 2.85. The molecule has 0 saturated carbocycles. The molecule has 8 nitrogen and oxygen atoms in total. The zero-order valence-electron chi connectivity index (χ0n) is 10.4. The Balaban J connectivity index is 2.04. The highest BCUT2D eigenvalue weighted by molar-refractivity contribution is 5.81. The van der Waals surface area contributed by atoms with E-state index in [-0.39, 0.29) is 11.4 Å². The first-order chi connectivity index (χ1) is 9.49. The molecule has 2 rings (SSSR count). The molecule has 1 saturated heterocycles. The van der Waals surface area contributed by atoms with E-state index < -0.39 is 23.0 Å². The topological polar surface area (TPSA) is 110 Å². The molecular weight excluding hydrogens is 268 g/mol. The summed E-state index contributed by atoms with van der Waals surface area (Å²) in [5.74, 6) is -0.931. The number of hydrogen-bond donors (Lipinski definition) is 1. The fourth-order valence-corrected chi connectivity index (χ4v) is 2.04. The molecule has 1 amide bonds. The van der Waals surface area contributed by atoms with Crippen molar-refractivity contribution in [2.45, 2.75) is 18.9 Å². The van der Waals surface area contributed by atoms with Crippen LogP contribution in [-0.4, -0.2) is 39.6 Å². The van der Waals surface area contributed by atoms with E-state index in [9.17, 15) is 19.7 Å². The molecule has 1 aromatic rings. The van der Waals surface area contributed by atoms with Gasteiger partial charge in [0.1, 0.15) is 11.8 Å². The van der Waals surface area contributed by atoms with E-state index in [0.29, 0.717) is 19.4 Å². The van der Waals surface area contributed by atoms with Crippen LogP contribution in [0.25, 0.3) is 0 Å². The van der Waals surface area contributed by atoms with Crippen LogP contribution in [-0.2, 0) is 4.79 Å². The highest BCUT2D eigenvalue weighted by Crippen LogP contribution is 2.21. The minimum atomic E-state index is -1.07. The lowest BCUT2D eigenvalue weighted by Crippen LogP contribution is -2.41. The third-order valence-corrected chi connectivity index (χ3v) is 3.03.